The van der Waals surface area contributed by atoms with Gasteiger partial charge in [-0.15, -0.1) is 0 Å². The number of hydrogen-bond acceptors (Lipinski definition) is 4. The first kappa shape index (κ1) is 14.2. The summed E-state index contributed by atoms with van der Waals surface area (Å²) in [6.45, 7) is 3.21. The van der Waals surface area contributed by atoms with Gasteiger partial charge in [0.05, 0.1) is 11.0 Å². The van der Waals surface area contributed by atoms with Gasteiger partial charge in [0.15, 0.2) is 9.84 Å². The van der Waals surface area contributed by atoms with E-state index in [4.69, 9.17) is 5.73 Å². The zero-order chi connectivity index (χ0) is 12.9. The summed E-state index contributed by atoms with van der Waals surface area (Å²) >= 11 is 0. The number of nitrogens with one attached hydrogen (secondary N) is 1. The Morgan fingerprint density at radius 1 is 1.53 bits per heavy atom. The largest absolute Gasteiger partial charge is 0.338 e. The molecule has 1 rings (SSSR count). The molecule has 0 aromatic carbocycles. The van der Waals surface area contributed by atoms with Crippen LogP contribution in [0.25, 0.3) is 0 Å². The van der Waals surface area contributed by atoms with Crippen LogP contribution in [0.15, 0.2) is 0 Å². The molecule has 1 heterocycles. The second kappa shape index (κ2) is 6.20. The molecule has 1 aliphatic rings. The van der Waals surface area contributed by atoms with Gasteiger partial charge in [-0.25, -0.2) is 13.2 Å². The third kappa shape index (κ3) is 3.85. The molecule has 3 N–H and O–H groups in total. The second-order valence-corrected chi connectivity index (χ2v) is 6.66. The average molecular weight is 263 g/mol. The zero-order valence-electron chi connectivity index (χ0n) is 10.2. The van der Waals surface area contributed by atoms with Gasteiger partial charge in [0.1, 0.15) is 0 Å². The number of rotatable bonds is 4. The summed E-state index contributed by atoms with van der Waals surface area (Å²) in [5.74, 6) is 0.00998. The first-order valence-corrected chi connectivity index (χ1v) is 7.67. The van der Waals surface area contributed by atoms with Crippen molar-refractivity contribution in [3.63, 3.8) is 0 Å². The van der Waals surface area contributed by atoms with E-state index in [0.29, 0.717) is 6.54 Å². The quantitative estimate of drug-likeness (QED) is 0.672. The number of carbonyl (C=O) groups excluding carboxylic acids is 1. The van der Waals surface area contributed by atoms with Gasteiger partial charge in [-0.1, -0.05) is 13.3 Å². The lowest BCUT2D eigenvalue weighted by molar-refractivity contribution is 0.198. The number of urea groups is 1. The van der Waals surface area contributed by atoms with Gasteiger partial charge >= 0.3 is 6.03 Å². The van der Waals surface area contributed by atoms with Crippen molar-refractivity contribution in [3.05, 3.63) is 0 Å². The van der Waals surface area contributed by atoms with Crippen molar-refractivity contribution in [1.29, 1.82) is 0 Å². The Hall–Kier alpha value is -0.820. The second-order valence-electron chi connectivity index (χ2n) is 4.26. The van der Waals surface area contributed by atoms with Crippen LogP contribution < -0.4 is 11.1 Å². The maximum absolute atomic E-state index is 11.7. The molecule has 0 spiro atoms. The predicted molar refractivity (Wildman–Crippen MR) is 66.5 cm³/mol. The van der Waals surface area contributed by atoms with Crippen LogP contribution in [-0.4, -0.2) is 56.5 Å². The third-order valence-corrected chi connectivity index (χ3v) is 5.04. The third-order valence-electron chi connectivity index (χ3n) is 2.93. The number of sulfone groups is 1. The highest BCUT2D eigenvalue weighted by molar-refractivity contribution is 7.92. The first-order chi connectivity index (χ1) is 8.01. The minimum absolute atomic E-state index is 0.00998. The molecular weight excluding hydrogens is 242 g/mol. The summed E-state index contributed by atoms with van der Waals surface area (Å²) in [4.78, 5) is 13.3. The van der Waals surface area contributed by atoms with E-state index in [1.54, 1.807) is 0 Å². The summed E-state index contributed by atoms with van der Waals surface area (Å²) in [6.07, 6.45) is 1.94. The minimum atomic E-state index is -3.11. The number of nitrogens with two attached hydrogens (primary N) is 1. The molecule has 17 heavy (non-hydrogen) atoms. The molecule has 0 aromatic rings. The Kier molecular flexibility index (Phi) is 5.20. The topological polar surface area (TPSA) is 92.5 Å². The molecule has 1 atom stereocenters. The predicted octanol–water partition coefficient (Wildman–Crippen LogP) is -0.446. The standard InChI is InChI=1S/C10H21N3O3S/c1-2-3-4-12-10(14)13-5-6-17(15,16)9(7-11)8-13/h9H,2-8,11H2,1H3,(H,12,14). The average Bonchev–Trinajstić information content (AvgIpc) is 2.29. The summed E-state index contributed by atoms with van der Waals surface area (Å²) in [7, 11) is -3.11. The fourth-order valence-electron chi connectivity index (χ4n) is 1.74. The highest BCUT2D eigenvalue weighted by Crippen LogP contribution is 2.11. The van der Waals surface area contributed by atoms with Gasteiger partial charge in [0.2, 0.25) is 0 Å². The first-order valence-electron chi connectivity index (χ1n) is 5.95. The van der Waals surface area contributed by atoms with Crippen molar-refractivity contribution in [2.75, 3.05) is 31.9 Å². The minimum Gasteiger partial charge on any atom is -0.338 e. The molecule has 1 saturated heterocycles. The normalized spacial score (nSPS) is 23.4. The van der Waals surface area contributed by atoms with Crippen LogP contribution in [0.3, 0.4) is 0 Å². The van der Waals surface area contributed by atoms with Gasteiger partial charge in [-0.3, -0.25) is 0 Å². The van der Waals surface area contributed by atoms with E-state index in [1.165, 1.54) is 4.90 Å². The van der Waals surface area contributed by atoms with E-state index >= 15 is 0 Å². The van der Waals surface area contributed by atoms with Crippen molar-refractivity contribution in [2.45, 2.75) is 25.0 Å². The highest BCUT2D eigenvalue weighted by atomic mass is 32.2. The molecule has 100 valence electrons. The summed E-state index contributed by atoms with van der Waals surface area (Å²) in [5, 5.41) is 2.16. The molecule has 2 amide bonds. The van der Waals surface area contributed by atoms with E-state index in [2.05, 4.69) is 5.32 Å². The van der Waals surface area contributed by atoms with Crippen LogP contribution in [0, 0.1) is 0 Å². The molecule has 0 aliphatic carbocycles. The fraction of sp³-hybridized carbons (Fsp3) is 0.900. The lowest BCUT2D eigenvalue weighted by atomic mass is 10.3. The van der Waals surface area contributed by atoms with Gasteiger partial charge < -0.3 is 16.0 Å². The zero-order valence-corrected chi connectivity index (χ0v) is 11.0. The van der Waals surface area contributed by atoms with Gasteiger partial charge in [0, 0.05) is 26.2 Å². The molecule has 7 heteroatoms. The number of carbonyl (C=O) groups is 1. The summed E-state index contributed by atoms with van der Waals surface area (Å²) < 4.78 is 23.2. The number of unbranched alkanes of at least 4 members (excludes halogenated alkanes) is 1. The fourth-order valence-corrected chi connectivity index (χ4v) is 3.25. The van der Waals surface area contributed by atoms with Crippen molar-refractivity contribution < 1.29 is 13.2 Å². The molecule has 0 aromatic heterocycles. The molecule has 1 fully saturated rings. The monoisotopic (exact) mass is 263 g/mol. The molecule has 0 radical (unpaired) electrons. The van der Waals surface area contributed by atoms with E-state index in [-0.39, 0.29) is 31.4 Å². The Bertz CT molecular complexity index is 356. The number of hydrogen-bond donors (Lipinski definition) is 2. The van der Waals surface area contributed by atoms with Crippen molar-refractivity contribution in [1.82, 2.24) is 10.2 Å². The van der Waals surface area contributed by atoms with Crippen LogP contribution in [0.1, 0.15) is 19.8 Å². The van der Waals surface area contributed by atoms with Gasteiger partial charge in [0.25, 0.3) is 0 Å². The Labute approximate surface area is 102 Å². The van der Waals surface area contributed by atoms with E-state index in [9.17, 15) is 13.2 Å². The molecule has 0 bridgehead atoms. The van der Waals surface area contributed by atoms with E-state index in [1.807, 2.05) is 6.92 Å². The highest BCUT2D eigenvalue weighted by Gasteiger charge is 2.33. The van der Waals surface area contributed by atoms with Crippen LogP contribution in [0.2, 0.25) is 0 Å². The van der Waals surface area contributed by atoms with Crippen LogP contribution >= 0.6 is 0 Å². The van der Waals surface area contributed by atoms with Gasteiger partial charge in [-0.05, 0) is 6.42 Å². The van der Waals surface area contributed by atoms with Crippen molar-refractivity contribution in [3.8, 4) is 0 Å². The van der Waals surface area contributed by atoms with Crippen LogP contribution in [0.5, 0.6) is 0 Å². The summed E-state index contributed by atoms with van der Waals surface area (Å²) in [6, 6.07) is -0.188. The van der Waals surface area contributed by atoms with Crippen LogP contribution in [0.4, 0.5) is 4.79 Å². The molecule has 1 aliphatic heterocycles. The van der Waals surface area contributed by atoms with Crippen molar-refractivity contribution >= 4 is 15.9 Å². The van der Waals surface area contributed by atoms with E-state index < -0.39 is 15.1 Å². The Morgan fingerprint density at radius 3 is 2.82 bits per heavy atom. The molecule has 6 nitrogen and oxygen atoms in total. The smallest absolute Gasteiger partial charge is 0.317 e. The van der Waals surface area contributed by atoms with Crippen LogP contribution in [-0.2, 0) is 9.84 Å². The molecule has 1 unspecified atom stereocenters. The lowest BCUT2D eigenvalue weighted by Crippen LogP contribution is -2.54. The SMILES string of the molecule is CCCCNC(=O)N1CCS(=O)(=O)C(CN)C1. The number of amides is 2. The summed E-state index contributed by atoms with van der Waals surface area (Å²) in [5.41, 5.74) is 5.43. The maximum Gasteiger partial charge on any atom is 0.317 e. The number of nitrogens with zero attached hydrogens (tertiary/aromatic N) is 1. The van der Waals surface area contributed by atoms with E-state index in [0.717, 1.165) is 12.8 Å². The van der Waals surface area contributed by atoms with Crippen molar-refractivity contribution in [2.24, 2.45) is 5.73 Å². The Balaban J connectivity index is 2.49. The maximum atomic E-state index is 11.7. The molecular formula is C10H21N3O3S. The molecule has 0 saturated carbocycles. The Morgan fingerprint density at radius 2 is 2.24 bits per heavy atom. The lowest BCUT2D eigenvalue weighted by Gasteiger charge is -2.32. The van der Waals surface area contributed by atoms with Gasteiger partial charge in [-0.2, -0.15) is 0 Å².